The van der Waals surface area contributed by atoms with Gasteiger partial charge >= 0.3 is 6.03 Å². The van der Waals surface area contributed by atoms with Gasteiger partial charge in [-0.25, -0.2) is 4.79 Å². The van der Waals surface area contributed by atoms with Crippen LogP contribution in [0.5, 0.6) is 0 Å². The smallest absolute Gasteiger partial charge is 0.315 e. The molecule has 1 heterocycles. The third kappa shape index (κ3) is 5.28. The van der Waals surface area contributed by atoms with Gasteiger partial charge in [-0.05, 0) is 30.5 Å². The molecule has 2 rings (SSSR count). The summed E-state index contributed by atoms with van der Waals surface area (Å²) in [5.41, 5.74) is 0.802. The van der Waals surface area contributed by atoms with Crippen molar-refractivity contribution in [1.29, 1.82) is 0 Å². The number of rotatable bonds is 4. The number of likely N-dealkylation sites (tertiary alicyclic amines) is 1. The Balaban J connectivity index is 1.82. The molecule has 0 spiro atoms. The molecule has 0 saturated carbocycles. The van der Waals surface area contributed by atoms with Crippen LogP contribution in [0.1, 0.15) is 32.3 Å². The Labute approximate surface area is 152 Å². The van der Waals surface area contributed by atoms with Gasteiger partial charge in [0.15, 0.2) is 0 Å². The van der Waals surface area contributed by atoms with Crippen molar-refractivity contribution in [3.63, 3.8) is 0 Å². The van der Waals surface area contributed by atoms with Crippen molar-refractivity contribution in [3.8, 4) is 0 Å². The number of nitrogens with one attached hydrogen (secondary N) is 2. The molecule has 5 nitrogen and oxygen atoms in total. The maximum Gasteiger partial charge on any atom is 0.315 e. The summed E-state index contributed by atoms with van der Waals surface area (Å²) < 4.78 is 0. The van der Waals surface area contributed by atoms with Crippen molar-refractivity contribution in [2.24, 2.45) is 5.92 Å². The van der Waals surface area contributed by atoms with Gasteiger partial charge in [-0.3, -0.25) is 4.79 Å². The zero-order valence-corrected chi connectivity index (χ0v) is 15.5. The molecule has 1 aliphatic heterocycles. The number of urea groups is 1. The van der Waals surface area contributed by atoms with Gasteiger partial charge in [-0.1, -0.05) is 43.1 Å². The molecule has 1 aromatic rings. The van der Waals surface area contributed by atoms with Gasteiger partial charge in [0.25, 0.3) is 0 Å². The molecule has 1 unspecified atom stereocenters. The fraction of sp³-hybridized carbons (Fsp3) is 0.529. The Hall–Kier alpha value is -1.46. The normalized spacial score (nSPS) is 17.7. The second-order valence-electron chi connectivity index (χ2n) is 6.34. The number of hydrogen-bond acceptors (Lipinski definition) is 2. The fourth-order valence-corrected chi connectivity index (χ4v) is 3.21. The average Bonchev–Trinajstić information content (AvgIpc) is 2.53. The lowest BCUT2D eigenvalue weighted by Gasteiger charge is -2.34. The molecule has 1 fully saturated rings. The number of piperidine rings is 1. The van der Waals surface area contributed by atoms with Crippen LogP contribution in [0.3, 0.4) is 0 Å². The van der Waals surface area contributed by atoms with E-state index in [0.717, 1.165) is 24.9 Å². The van der Waals surface area contributed by atoms with Gasteiger partial charge in [0.2, 0.25) is 5.91 Å². The number of nitrogens with zero attached hydrogens (tertiary/aromatic N) is 1. The minimum Gasteiger partial charge on any atom is -0.340 e. The molecule has 1 saturated heterocycles. The predicted molar refractivity (Wildman–Crippen MR) is 96.3 cm³/mol. The van der Waals surface area contributed by atoms with Crippen LogP contribution in [-0.2, 0) is 11.3 Å². The summed E-state index contributed by atoms with van der Waals surface area (Å²) >= 11 is 11.9. The van der Waals surface area contributed by atoms with Crippen LogP contribution in [0.25, 0.3) is 0 Å². The monoisotopic (exact) mass is 371 g/mol. The maximum atomic E-state index is 12.1. The van der Waals surface area contributed by atoms with E-state index in [4.69, 9.17) is 23.2 Å². The highest BCUT2D eigenvalue weighted by molar-refractivity contribution is 6.35. The standard InChI is InChI=1S/C17H23Cl2N3O2/c1-11(2)16(23)22-7-3-4-14(10-22)21-17(24)20-9-12-5-6-13(18)8-15(12)19/h5-6,8,11,14H,3-4,7,9-10H2,1-2H3,(H2,20,21,24). The van der Waals surface area contributed by atoms with E-state index in [-0.39, 0.29) is 23.9 Å². The average molecular weight is 372 g/mol. The van der Waals surface area contributed by atoms with Crippen LogP contribution in [0.15, 0.2) is 18.2 Å². The van der Waals surface area contributed by atoms with E-state index in [1.807, 2.05) is 18.7 Å². The lowest BCUT2D eigenvalue weighted by molar-refractivity contribution is -0.135. The van der Waals surface area contributed by atoms with Gasteiger partial charge in [-0.15, -0.1) is 0 Å². The minimum absolute atomic E-state index is 0.0235. The van der Waals surface area contributed by atoms with E-state index in [1.54, 1.807) is 18.2 Å². The van der Waals surface area contributed by atoms with Crippen molar-refractivity contribution in [1.82, 2.24) is 15.5 Å². The molecule has 0 aromatic heterocycles. The summed E-state index contributed by atoms with van der Waals surface area (Å²) in [4.78, 5) is 26.0. The summed E-state index contributed by atoms with van der Waals surface area (Å²) in [5, 5.41) is 6.81. The van der Waals surface area contributed by atoms with Gasteiger partial charge in [0.05, 0.1) is 0 Å². The van der Waals surface area contributed by atoms with Crippen LogP contribution in [-0.4, -0.2) is 36.0 Å². The summed E-state index contributed by atoms with van der Waals surface area (Å²) in [7, 11) is 0. The molecular formula is C17H23Cl2N3O2. The lowest BCUT2D eigenvalue weighted by Crippen LogP contribution is -2.52. The molecule has 132 valence electrons. The maximum absolute atomic E-state index is 12.1. The molecule has 3 amide bonds. The molecule has 24 heavy (non-hydrogen) atoms. The highest BCUT2D eigenvalue weighted by atomic mass is 35.5. The number of carbonyl (C=O) groups is 2. The third-order valence-electron chi connectivity index (χ3n) is 4.02. The molecule has 2 N–H and O–H groups in total. The number of benzene rings is 1. The quantitative estimate of drug-likeness (QED) is 0.851. The zero-order chi connectivity index (χ0) is 17.7. The van der Waals surface area contributed by atoms with Crippen molar-refractivity contribution in [2.45, 2.75) is 39.3 Å². The first-order chi connectivity index (χ1) is 11.4. The largest absolute Gasteiger partial charge is 0.340 e. The molecule has 0 radical (unpaired) electrons. The first kappa shape index (κ1) is 18.9. The molecule has 0 bridgehead atoms. The number of carbonyl (C=O) groups excluding carboxylic acids is 2. The minimum atomic E-state index is -0.259. The van der Waals surface area contributed by atoms with Crippen LogP contribution < -0.4 is 10.6 Å². The Morgan fingerprint density at radius 2 is 2.08 bits per heavy atom. The SMILES string of the molecule is CC(C)C(=O)N1CCCC(NC(=O)NCc2ccc(Cl)cc2Cl)C1. The van der Waals surface area contributed by atoms with Crippen molar-refractivity contribution >= 4 is 35.1 Å². The zero-order valence-electron chi connectivity index (χ0n) is 13.9. The Morgan fingerprint density at radius 3 is 2.75 bits per heavy atom. The lowest BCUT2D eigenvalue weighted by atomic mass is 10.0. The molecule has 7 heteroatoms. The number of hydrogen-bond donors (Lipinski definition) is 2. The van der Waals surface area contributed by atoms with Crippen molar-refractivity contribution < 1.29 is 9.59 Å². The van der Waals surface area contributed by atoms with Gasteiger partial charge in [0.1, 0.15) is 0 Å². The highest BCUT2D eigenvalue weighted by Crippen LogP contribution is 2.20. The summed E-state index contributed by atoms with van der Waals surface area (Å²) in [6, 6.07) is 4.88. The van der Waals surface area contributed by atoms with E-state index >= 15 is 0 Å². The number of halogens is 2. The molecule has 1 aromatic carbocycles. The van der Waals surface area contributed by atoms with E-state index in [1.165, 1.54) is 0 Å². The van der Waals surface area contributed by atoms with Gasteiger partial charge in [-0.2, -0.15) is 0 Å². The van der Waals surface area contributed by atoms with Crippen molar-refractivity contribution in [3.05, 3.63) is 33.8 Å². The second kappa shape index (κ2) is 8.58. The van der Waals surface area contributed by atoms with Gasteiger partial charge in [0, 0.05) is 41.6 Å². The highest BCUT2D eigenvalue weighted by Gasteiger charge is 2.25. The molecule has 0 aliphatic carbocycles. The Bertz CT molecular complexity index is 607. The molecular weight excluding hydrogens is 349 g/mol. The molecule has 1 atom stereocenters. The van der Waals surface area contributed by atoms with Crippen LogP contribution in [0.4, 0.5) is 4.79 Å². The second-order valence-corrected chi connectivity index (χ2v) is 7.18. The topological polar surface area (TPSA) is 61.4 Å². The van der Waals surface area contributed by atoms with E-state index in [2.05, 4.69) is 10.6 Å². The van der Waals surface area contributed by atoms with Crippen LogP contribution in [0, 0.1) is 5.92 Å². The van der Waals surface area contributed by atoms with Crippen LogP contribution in [0.2, 0.25) is 10.0 Å². The predicted octanol–water partition coefficient (Wildman–Crippen LogP) is 3.44. The summed E-state index contributed by atoms with van der Waals surface area (Å²) in [5.74, 6) is 0.111. The third-order valence-corrected chi connectivity index (χ3v) is 4.60. The van der Waals surface area contributed by atoms with Gasteiger partial charge < -0.3 is 15.5 Å². The molecule has 1 aliphatic rings. The van der Waals surface area contributed by atoms with E-state index in [9.17, 15) is 9.59 Å². The first-order valence-electron chi connectivity index (χ1n) is 8.14. The summed E-state index contributed by atoms with van der Waals surface area (Å²) in [6.07, 6.45) is 1.77. The van der Waals surface area contributed by atoms with E-state index in [0.29, 0.717) is 23.1 Å². The Kier molecular flexibility index (Phi) is 6.75. The number of amides is 3. The first-order valence-corrected chi connectivity index (χ1v) is 8.89. The summed E-state index contributed by atoms with van der Waals surface area (Å²) in [6.45, 7) is 5.43. The Morgan fingerprint density at radius 1 is 1.33 bits per heavy atom. The van der Waals surface area contributed by atoms with E-state index < -0.39 is 0 Å². The van der Waals surface area contributed by atoms with Crippen LogP contribution >= 0.6 is 23.2 Å². The fourth-order valence-electron chi connectivity index (χ4n) is 2.74. The van der Waals surface area contributed by atoms with Crippen molar-refractivity contribution in [2.75, 3.05) is 13.1 Å².